The van der Waals surface area contributed by atoms with Crippen LogP contribution in [0.3, 0.4) is 0 Å². The van der Waals surface area contributed by atoms with Crippen molar-refractivity contribution in [2.75, 3.05) is 5.73 Å². The van der Waals surface area contributed by atoms with Crippen molar-refractivity contribution in [1.82, 2.24) is 14.5 Å². The van der Waals surface area contributed by atoms with Gasteiger partial charge in [-0.05, 0) is 43.2 Å². The Morgan fingerprint density at radius 2 is 2.00 bits per heavy atom. The Labute approximate surface area is 132 Å². The minimum Gasteiger partial charge on any atom is -0.369 e. The maximum absolute atomic E-state index is 6.29. The van der Waals surface area contributed by atoms with E-state index < -0.39 is 0 Å². The van der Waals surface area contributed by atoms with Crippen molar-refractivity contribution in [2.45, 2.75) is 19.9 Å². The number of rotatable bonds is 2. The van der Waals surface area contributed by atoms with Crippen LogP contribution in [0, 0.1) is 6.92 Å². The summed E-state index contributed by atoms with van der Waals surface area (Å²) in [7, 11) is 0. The lowest BCUT2D eigenvalue weighted by atomic mass is 10.1. The van der Waals surface area contributed by atoms with Crippen LogP contribution in [-0.2, 0) is 0 Å². The van der Waals surface area contributed by atoms with Crippen LogP contribution in [-0.4, -0.2) is 14.5 Å². The minimum atomic E-state index is -0.0880. The van der Waals surface area contributed by atoms with E-state index in [9.17, 15) is 0 Å². The van der Waals surface area contributed by atoms with E-state index in [0.717, 1.165) is 22.3 Å². The average molecular weight is 321 g/mol. The first-order valence-corrected chi connectivity index (χ1v) is 7.28. The molecule has 0 aliphatic carbocycles. The zero-order valence-electron chi connectivity index (χ0n) is 11.6. The third kappa shape index (κ3) is 2.45. The van der Waals surface area contributed by atoms with Crippen molar-refractivity contribution in [3.8, 4) is 0 Å². The van der Waals surface area contributed by atoms with Gasteiger partial charge in [-0.1, -0.05) is 29.3 Å². The molecule has 0 spiro atoms. The van der Waals surface area contributed by atoms with E-state index in [1.807, 2.05) is 36.6 Å². The molecule has 0 saturated heterocycles. The number of imidazole rings is 1. The molecule has 21 heavy (non-hydrogen) atoms. The zero-order valence-corrected chi connectivity index (χ0v) is 13.2. The number of nitrogen functional groups attached to an aromatic ring is 1. The molecule has 0 amide bonds. The number of hydrogen-bond acceptors (Lipinski definition) is 3. The largest absolute Gasteiger partial charge is 0.369 e. The standard InChI is InChI=1S/C15H14Cl2N4/c1-8-5-13-14(19-7-8)21(15(18)20-13)9(2)11-4-3-10(16)6-12(11)17/h3-7,9H,1-2H3,(H2,18,20). The number of fused-ring (bicyclic) bond motifs is 1. The predicted octanol–water partition coefficient (Wildman–Crippen LogP) is 4.24. The molecule has 2 aromatic heterocycles. The Hall–Kier alpha value is -1.78. The quantitative estimate of drug-likeness (QED) is 0.768. The molecule has 2 N–H and O–H groups in total. The summed E-state index contributed by atoms with van der Waals surface area (Å²) in [5.41, 5.74) is 9.56. The maximum atomic E-state index is 6.29. The number of anilines is 1. The molecular formula is C15H14Cl2N4. The highest BCUT2D eigenvalue weighted by atomic mass is 35.5. The van der Waals surface area contributed by atoms with Gasteiger partial charge in [-0.3, -0.25) is 4.57 Å². The van der Waals surface area contributed by atoms with E-state index in [1.54, 1.807) is 12.3 Å². The highest BCUT2D eigenvalue weighted by Crippen LogP contribution is 2.32. The smallest absolute Gasteiger partial charge is 0.203 e. The third-order valence-corrected chi connectivity index (χ3v) is 4.06. The Kier molecular flexibility index (Phi) is 3.51. The lowest BCUT2D eigenvalue weighted by molar-refractivity contribution is 0.662. The first-order valence-electron chi connectivity index (χ1n) is 6.52. The second-order valence-corrected chi connectivity index (χ2v) is 5.88. The van der Waals surface area contributed by atoms with Crippen LogP contribution < -0.4 is 5.73 Å². The van der Waals surface area contributed by atoms with E-state index in [4.69, 9.17) is 28.9 Å². The van der Waals surface area contributed by atoms with E-state index in [-0.39, 0.29) is 6.04 Å². The normalized spacial score (nSPS) is 12.8. The SMILES string of the molecule is Cc1cnc2c(c1)nc(N)n2C(C)c1ccc(Cl)cc1Cl. The third-order valence-electron chi connectivity index (χ3n) is 3.49. The molecule has 3 aromatic rings. The average Bonchev–Trinajstić information content (AvgIpc) is 2.73. The van der Waals surface area contributed by atoms with Gasteiger partial charge in [0.2, 0.25) is 5.95 Å². The van der Waals surface area contributed by atoms with Crippen molar-refractivity contribution in [3.05, 3.63) is 51.6 Å². The molecule has 3 rings (SSSR count). The van der Waals surface area contributed by atoms with E-state index in [2.05, 4.69) is 9.97 Å². The molecule has 1 aromatic carbocycles. The Bertz CT molecular complexity index is 826. The molecule has 4 nitrogen and oxygen atoms in total. The van der Waals surface area contributed by atoms with Gasteiger partial charge in [0.05, 0.1) is 6.04 Å². The van der Waals surface area contributed by atoms with Gasteiger partial charge in [-0.2, -0.15) is 0 Å². The van der Waals surface area contributed by atoms with Gasteiger partial charge >= 0.3 is 0 Å². The van der Waals surface area contributed by atoms with Gasteiger partial charge in [0, 0.05) is 16.2 Å². The van der Waals surface area contributed by atoms with Gasteiger partial charge in [-0.25, -0.2) is 9.97 Å². The van der Waals surface area contributed by atoms with Crippen LogP contribution in [0.15, 0.2) is 30.5 Å². The molecule has 0 aliphatic rings. The number of aromatic nitrogens is 3. The van der Waals surface area contributed by atoms with Crippen molar-refractivity contribution >= 4 is 40.3 Å². The molecule has 0 fully saturated rings. The summed E-state index contributed by atoms with van der Waals surface area (Å²) >= 11 is 12.2. The predicted molar refractivity (Wildman–Crippen MR) is 87.0 cm³/mol. The number of pyridine rings is 1. The second kappa shape index (κ2) is 5.20. The van der Waals surface area contributed by atoms with Gasteiger partial charge in [-0.15, -0.1) is 0 Å². The summed E-state index contributed by atoms with van der Waals surface area (Å²) < 4.78 is 1.88. The van der Waals surface area contributed by atoms with Crippen LogP contribution in [0.4, 0.5) is 5.95 Å². The fourth-order valence-corrected chi connectivity index (χ4v) is 3.03. The molecule has 2 heterocycles. The summed E-state index contributed by atoms with van der Waals surface area (Å²) in [5.74, 6) is 0.418. The van der Waals surface area contributed by atoms with Crippen molar-refractivity contribution in [1.29, 1.82) is 0 Å². The van der Waals surface area contributed by atoms with E-state index in [0.29, 0.717) is 16.0 Å². The van der Waals surface area contributed by atoms with Crippen molar-refractivity contribution in [2.24, 2.45) is 0 Å². The van der Waals surface area contributed by atoms with Crippen molar-refractivity contribution < 1.29 is 0 Å². The highest BCUT2D eigenvalue weighted by Gasteiger charge is 2.18. The molecule has 0 saturated carbocycles. The number of benzene rings is 1. The number of nitrogens with two attached hydrogens (primary N) is 1. The number of nitrogens with zero attached hydrogens (tertiary/aromatic N) is 3. The molecule has 1 atom stereocenters. The molecule has 0 radical (unpaired) electrons. The number of hydrogen-bond donors (Lipinski definition) is 1. The van der Waals surface area contributed by atoms with Crippen LogP contribution in [0.1, 0.15) is 24.1 Å². The fraction of sp³-hybridized carbons (Fsp3) is 0.200. The van der Waals surface area contributed by atoms with Gasteiger partial charge < -0.3 is 5.73 Å². The molecular weight excluding hydrogens is 307 g/mol. The summed E-state index contributed by atoms with van der Waals surface area (Å²) in [5, 5.41) is 1.21. The molecule has 108 valence electrons. The van der Waals surface area contributed by atoms with Gasteiger partial charge in [0.25, 0.3) is 0 Å². The van der Waals surface area contributed by atoms with Crippen LogP contribution in [0.25, 0.3) is 11.2 Å². The topological polar surface area (TPSA) is 56.7 Å². The van der Waals surface area contributed by atoms with E-state index >= 15 is 0 Å². The summed E-state index contributed by atoms with van der Waals surface area (Å²) in [4.78, 5) is 8.82. The van der Waals surface area contributed by atoms with E-state index in [1.165, 1.54) is 0 Å². The summed E-state index contributed by atoms with van der Waals surface area (Å²) in [6.07, 6.45) is 1.80. The monoisotopic (exact) mass is 320 g/mol. The van der Waals surface area contributed by atoms with Gasteiger partial charge in [0.15, 0.2) is 5.65 Å². The zero-order chi connectivity index (χ0) is 15.1. The fourth-order valence-electron chi connectivity index (χ4n) is 2.46. The first-order chi connectivity index (χ1) is 9.97. The van der Waals surface area contributed by atoms with Crippen LogP contribution in [0.2, 0.25) is 10.0 Å². The summed E-state index contributed by atoms with van der Waals surface area (Å²) in [6, 6.07) is 7.31. The molecule has 1 unspecified atom stereocenters. The lowest BCUT2D eigenvalue weighted by Crippen LogP contribution is -2.11. The minimum absolute atomic E-state index is 0.0880. The molecule has 0 aliphatic heterocycles. The molecule has 0 bridgehead atoms. The Balaban J connectivity index is 2.17. The highest BCUT2D eigenvalue weighted by molar-refractivity contribution is 6.35. The second-order valence-electron chi connectivity index (χ2n) is 5.04. The Morgan fingerprint density at radius 3 is 2.71 bits per heavy atom. The number of aryl methyl sites for hydroxylation is 1. The summed E-state index contributed by atoms with van der Waals surface area (Å²) in [6.45, 7) is 3.98. The first kappa shape index (κ1) is 14.2. The number of halogens is 2. The van der Waals surface area contributed by atoms with Crippen LogP contribution in [0.5, 0.6) is 0 Å². The maximum Gasteiger partial charge on any atom is 0.203 e. The molecule has 6 heteroatoms. The van der Waals surface area contributed by atoms with Crippen molar-refractivity contribution in [3.63, 3.8) is 0 Å². The lowest BCUT2D eigenvalue weighted by Gasteiger charge is -2.17. The Morgan fingerprint density at radius 1 is 1.24 bits per heavy atom. The van der Waals surface area contributed by atoms with Crippen LogP contribution >= 0.6 is 23.2 Å². The van der Waals surface area contributed by atoms with Gasteiger partial charge in [0.1, 0.15) is 5.52 Å².